The summed E-state index contributed by atoms with van der Waals surface area (Å²) >= 11 is 0. The minimum absolute atomic E-state index is 0.230. The van der Waals surface area contributed by atoms with Crippen LogP contribution in [-0.4, -0.2) is 18.3 Å². The topological polar surface area (TPSA) is 44.5 Å². The van der Waals surface area contributed by atoms with E-state index in [1.165, 1.54) is 33.4 Å². The van der Waals surface area contributed by atoms with Crippen LogP contribution in [0, 0.1) is 0 Å². The van der Waals surface area contributed by atoms with Crippen LogP contribution in [0.25, 0.3) is 22.3 Å². The highest BCUT2D eigenvalue weighted by Gasteiger charge is 2.53. The van der Waals surface area contributed by atoms with Gasteiger partial charge in [-0.15, -0.1) is 0 Å². The van der Waals surface area contributed by atoms with Gasteiger partial charge in [0, 0.05) is 27.5 Å². The van der Waals surface area contributed by atoms with Gasteiger partial charge in [-0.1, -0.05) is 113 Å². The lowest BCUT2D eigenvalue weighted by Crippen LogP contribution is -2.42. The van der Waals surface area contributed by atoms with Gasteiger partial charge in [-0.2, -0.15) is 0 Å². The molecule has 40 heavy (non-hydrogen) atoms. The molecule has 0 aromatic heterocycles. The molecule has 4 aromatic rings. The molecule has 4 heteroatoms. The maximum absolute atomic E-state index is 7.22. The SMILES string of the molecule is CC1(C)c2ccccc2C(C)(C)c2c1cc(B1OC(C)(C)C(C)(C)O1)c(N)c2-c1ccc(-c2ccccc2)cc1. The number of hydrogen-bond acceptors (Lipinski definition) is 3. The van der Waals surface area contributed by atoms with Crippen molar-refractivity contribution in [2.75, 3.05) is 5.73 Å². The summed E-state index contributed by atoms with van der Waals surface area (Å²) in [5, 5.41) is 0. The highest BCUT2D eigenvalue weighted by molar-refractivity contribution is 6.64. The molecule has 1 fully saturated rings. The Bertz CT molecular complexity index is 1580. The highest BCUT2D eigenvalue weighted by Crippen LogP contribution is 2.53. The Morgan fingerprint density at radius 3 is 1.60 bits per heavy atom. The standard InChI is InChI=1S/C36H40BNO2/c1-33(2)26-16-12-13-17-27(26)34(3,4)31-28(33)22-29(37-39-35(5,6)36(7,8)40-37)32(38)30(31)25-20-18-24(19-21-25)23-14-10-9-11-15-23/h9-22H,38H2,1-8H3. The van der Waals surface area contributed by atoms with E-state index in [0.29, 0.717) is 0 Å². The minimum Gasteiger partial charge on any atom is -0.399 e. The van der Waals surface area contributed by atoms with Gasteiger partial charge < -0.3 is 15.0 Å². The summed E-state index contributed by atoms with van der Waals surface area (Å²) in [6, 6.07) is 30.5. The van der Waals surface area contributed by atoms with Gasteiger partial charge in [0.1, 0.15) is 0 Å². The molecular weight excluding hydrogens is 489 g/mol. The molecule has 204 valence electrons. The Balaban J connectivity index is 1.62. The van der Waals surface area contributed by atoms with Gasteiger partial charge in [-0.3, -0.25) is 0 Å². The van der Waals surface area contributed by atoms with Gasteiger partial charge >= 0.3 is 7.12 Å². The third-order valence-electron chi connectivity index (χ3n) is 9.76. The molecule has 0 saturated carbocycles. The largest absolute Gasteiger partial charge is 0.496 e. The lowest BCUT2D eigenvalue weighted by atomic mass is 9.57. The first-order valence-corrected chi connectivity index (χ1v) is 14.3. The van der Waals surface area contributed by atoms with Crippen molar-refractivity contribution in [1.82, 2.24) is 0 Å². The average Bonchev–Trinajstić information content (AvgIpc) is 3.14. The number of fused-ring (bicyclic) bond motifs is 2. The summed E-state index contributed by atoms with van der Waals surface area (Å²) in [4.78, 5) is 0. The fourth-order valence-electron chi connectivity index (χ4n) is 6.64. The van der Waals surface area contributed by atoms with E-state index in [0.717, 1.165) is 22.3 Å². The quantitative estimate of drug-likeness (QED) is 0.217. The predicted molar refractivity (Wildman–Crippen MR) is 168 cm³/mol. The van der Waals surface area contributed by atoms with Crippen molar-refractivity contribution < 1.29 is 9.31 Å². The highest BCUT2D eigenvalue weighted by atomic mass is 16.7. The predicted octanol–water partition coefficient (Wildman–Crippen LogP) is 7.87. The number of nitrogens with two attached hydrogens (primary N) is 1. The Hall–Kier alpha value is -3.34. The van der Waals surface area contributed by atoms with E-state index in [4.69, 9.17) is 15.0 Å². The van der Waals surface area contributed by atoms with Gasteiger partial charge in [0.25, 0.3) is 0 Å². The van der Waals surface area contributed by atoms with Gasteiger partial charge in [-0.25, -0.2) is 0 Å². The number of benzene rings is 4. The monoisotopic (exact) mass is 529 g/mol. The molecule has 0 bridgehead atoms. The van der Waals surface area contributed by atoms with Crippen LogP contribution >= 0.6 is 0 Å². The van der Waals surface area contributed by atoms with Crippen LogP contribution in [0.3, 0.4) is 0 Å². The zero-order valence-electron chi connectivity index (χ0n) is 25.1. The third kappa shape index (κ3) is 3.88. The number of anilines is 1. The Labute approximate surface area is 239 Å². The number of hydrogen-bond donors (Lipinski definition) is 1. The van der Waals surface area contributed by atoms with Crippen LogP contribution in [0.1, 0.15) is 77.6 Å². The molecule has 1 saturated heterocycles. The van der Waals surface area contributed by atoms with E-state index in [1.54, 1.807) is 0 Å². The summed E-state index contributed by atoms with van der Waals surface area (Å²) in [5.41, 5.74) is 17.3. The van der Waals surface area contributed by atoms with Crippen LogP contribution < -0.4 is 11.2 Å². The molecule has 0 spiro atoms. The van der Waals surface area contributed by atoms with Crippen LogP contribution in [0.5, 0.6) is 0 Å². The van der Waals surface area contributed by atoms with Crippen molar-refractivity contribution in [3.05, 3.63) is 107 Å². The van der Waals surface area contributed by atoms with E-state index in [2.05, 4.69) is 134 Å². The first-order valence-electron chi connectivity index (χ1n) is 14.3. The van der Waals surface area contributed by atoms with E-state index in [9.17, 15) is 0 Å². The first kappa shape index (κ1) is 26.9. The number of rotatable bonds is 3. The smallest absolute Gasteiger partial charge is 0.399 e. The Kier molecular flexibility index (Phi) is 5.93. The van der Waals surface area contributed by atoms with Crippen molar-refractivity contribution in [2.45, 2.75) is 77.4 Å². The Morgan fingerprint density at radius 2 is 1.02 bits per heavy atom. The van der Waals surface area contributed by atoms with E-state index in [1.807, 2.05) is 6.07 Å². The minimum atomic E-state index is -0.547. The van der Waals surface area contributed by atoms with Gasteiger partial charge in [0.15, 0.2) is 0 Å². The van der Waals surface area contributed by atoms with Crippen molar-refractivity contribution in [2.24, 2.45) is 0 Å². The third-order valence-corrected chi connectivity index (χ3v) is 9.76. The van der Waals surface area contributed by atoms with E-state index in [-0.39, 0.29) is 10.8 Å². The van der Waals surface area contributed by atoms with Gasteiger partial charge in [-0.05, 0) is 66.6 Å². The first-order chi connectivity index (χ1) is 18.8. The fraction of sp³-hybridized carbons (Fsp3) is 0.333. The van der Waals surface area contributed by atoms with Crippen LogP contribution in [0.2, 0.25) is 0 Å². The maximum atomic E-state index is 7.22. The summed E-state index contributed by atoms with van der Waals surface area (Å²) in [5.74, 6) is 0. The van der Waals surface area contributed by atoms with E-state index >= 15 is 0 Å². The molecule has 3 nitrogen and oxygen atoms in total. The molecule has 0 amide bonds. The van der Waals surface area contributed by atoms with Crippen LogP contribution in [-0.2, 0) is 20.1 Å². The second-order valence-corrected chi connectivity index (χ2v) is 13.5. The van der Waals surface area contributed by atoms with Crippen LogP contribution in [0.4, 0.5) is 5.69 Å². The Morgan fingerprint density at radius 1 is 0.550 bits per heavy atom. The van der Waals surface area contributed by atoms with Crippen molar-refractivity contribution in [3.8, 4) is 22.3 Å². The van der Waals surface area contributed by atoms with Gasteiger partial charge in [0.05, 0.1) is 11.2 Å². The van der Waals surface area contributed by atoms with Crippen molar-refractivity contribution in [3.63, 3.8) is 0 Å². The van der Waals surface area contributed by atoms with E-state index < -0.39 is 18.3 Å². The normalized spacial score (nSPS) is 19.6. The fourth-order valence-corrected chi connectivity index (χ4v) is 6.64. The molecule has 0 unspecified atom stereocenters. The van der Waals surface area contributed by atoms with Crippen molar-refractivity contribution in [1.29, 1.82) is 0 Å². The molecule has 6 rings (SSSR count). The lowest BCUT2D eigenvalue weighted by Gasteiger charge is -2.45. The molecule has 2 N–H and O–H groups in total. The van der Waals surface area contributed by atoms with Crippen LogP contribution in [0.15, 0.2) is 84.9 Å². The summed E-state index contributed by atoms with van der Waals surface area (Å²) in [6.45, 7) is 17.7. The van der Waals surface area contributed by atoms with Gasteiger partial charge in [0.2, 0.25) is 0 Å². The molecule has 0 atom stereocenters. The average molecular weight is 530 g/mol. The molecule has 2 aliphatic rings. The molecule has 1 heterocycles. The second-order valence-electron chi connectivity index (χ2n) is 13.5. The summed E-state index contributed by atoms with van der Waals surface area (Å²) in [7, 11) is -0.547. The molecule has 1 aliphatic carbocycles. The molecule has 0 radical (unpaired) electrons. The molecular formula is C36H40BNO2. The summed E-state index contributed by atoms with van der Waals surface area (Å²) in [6.07, 6.45) is 0. The number of nitrogen functional groups attached to an aromatic ring is 1. The maximum Gasteiger partial charge on any atom is 0.496 e. The molecule has 1 aliphatic heterocycles. The lowest BCUT2D eigenvalue weighted by molar-refractivity contribution is 0.00578. The molecule has 4 aromatic carbocycles. The zero-order chi connectivity index (χ0) is 28.7. The van der Waals surface area contributed by atoms with Crippen molar-refractivity contribution >= 4 is 18.3 Å². The zero-order valence-corrected chi connectivity index (χ0v) is 25.1. The summed E-state index contributed by atoms with van der Waals surface area (Å²) < 4.78 is 13.2. The second kappa shape index (κ2) is 8.83.